The molecule has 4 heteroatoms. The number of allylic oxidation sites excluding steroid dienone is 1. The van der Waals surface area contributed by atoms with E-state index in [4.69, 9.17) is 5.11 Å². The normalized spacial score (nSPS) is 19.2. The average Bonchev–Trinajstić information content (AvgIpc) is 2.50. The number of carbonyl (C=O) groups is 1. The van der Waals surface area contributed by atoms with Gasteiger partial charge >= 0.3 is 0 Å². The maximum Gasteiger partial charge on any atom is 0.195 e. The molecule has 13 heavy (non-hydrogen) atoms. The molecular formula is C9H10N2O2. The van der Waals surface area contributed by atoms with Crippen LogP contribution in [0.2, 0.25) is 0 Å². The minimum absolute atomic E-state index is 0.100. The summed E-state index contributed by atoms with van der Waals surface area (Å²) in [6, 6.07) is 0. The molecule has 1 N–H and O–H groups in total. The van der Waals surface area contributed by atoms with Crippen molar-refractivity contribution in [2.45, 2.75) is 12.8 Å². The van der Waals surface area contributed by atoms with Crippen LogP contribution < -0.4 is 0 Å². The Hall–Kier alpha value is -1.58. The van der Waals surface area contributed by atoms with E-state index in [1.807, 2.05) is 7.05 Å². The molecule has 0 radical (unpaired) electrons. The Kier molecular flexibility index (Phi) is 1.69. The summed E-state index contributed by atoms with van der Waals surface area (Å²) >= 11 is 0. The van der Waals surface area contributed by atoms with Gasteiger partial charge in [-0.15, -0.1) is 0 Å². The molecule has 0 atom stereocenters. The molecule has 1 aliphatic carbocycles. The maximum atomic E-state index is 11.6. The first-order chi connectivity index (χ1) is 6.24. The van der Waals surface area contributed by atoms with Crippen molar-refractivity contribution in [1.29, 1.82) is 0 Å². The first-order valence-electron chi connectivity index (χ1n) is 4.13. The lowest BCUT2D eigenvalue weighted by Crippen LogP contribution is -2.14. The quantitative estimate of drug-likeness (QED) is 0.476. The van der Waals surface area contributed by atoms with Crippen molar-refractivity contribution in [3.05, 3.63) is 29.3 Å². The number of aromatic nitrogens is 2. The van der Waals surface area contributed by atoms with E-state index < -0.39 is 0 Å². The topological polar surface area (TPSA) is 55.1 Å². The lowest BCUT2D eigenvalue weighted by molar-refractivity contribution is 0.102. The zero-order chi connectivity index (χ0) is 9.42. The third-order valence-corrected chi connectivity index (χ3v) is 2.38. The fourth-order valence-corrected chi connectivity index (χ4v) is 1.61. The van der Waals surface area contributed by atoms with Gasteiger partial charge < -0.3 is 5.11 Å². The van der Waals surface area contributed by atoms with E-state index in [2.05, 4.69) is 5.10 Å². The molecule has 0 unspecified atom stereocenters. The summed E-state index contributed by atoms with van der Waals surface area (Å²) in [6.45, 7) is 0. The van der Waals surface area contributed by atoms with Crippen LogP contribution in [-0.4, -0.2) is 20.7 Å². The molecule has 0 amide bonds. The lowest BCUT2D eigenvalue weighted by atomic mass is 9.92. The standard InChI is InChI=1S/C9H10N2O2/c1-11-8-3-2-6(5-12)9(13)7(8)4-10-11/h4-5,12H,2-3H2,1H3/b6-5+. The summed E-state index contributed by atoms with van der Waals surface area (Å²) in [6.07, 6.45) is 3.82. The number of rotatable bonds is 0. The Morgan fingerprint density at radius 1 is 1.62 bits per heavy atom. The van der Waals surface area contributed by atoms with Gasteiger partial charge in [-0.25, -0.2) is 0 Å². The van der Waals surface area contributed by atoms with Crippen LogP contribution in [0.3, 0.4) is 0 Å². The molecule has 1 aromatic heterocycles. The molecule has 1 aliphatic rings. The number of Topliss-reactive ketones (excluding diaryl/α,β-unsaturated/α-hetero) is 1. The Labute approximate surface area is 75.5 Å². The minimum Gasteiger partial charge on any atom is -0.515 e. The second-order valence-electron chi connectivity index (χ2n) is 3.11. The molecule has 4 nitrogen and oxygen atoms in total. The smallest absolute Gasteiger partial charge is 0.195 e. The van der Waals surface area contributed by atoms with E-state index in [-0.39, 0.29) is 5.78 Å². The third kappa shape index (κ3) is 1.06. The fraction of sp³-hybridized carbons (Fsp3) is 0.333. The summed E-state index contributed by atoms with van der Waals surface area (Å²) in [5.74, 6) is -0.100. The summed E-state index contributed by atoms with van der Waals surface area (Å²) in [5.41, 5.74) is 2.05. The zero-order valence-electron chi connectivity index (χ0n) is 7.32. The molecule has 1 heterocycles. The van der Waals surface area contributed by atoms with Gasteiger partial charge in [-0.1, -0.05) is 0 Å². The second-order valence-corrected chi connectivity index (χ2v) is 3.11. The van der Waals surface area contributed by atoms with Gasteiger partial charge in [-0.3, -0.25) is 9.48 Å². The number of aliphatic hydroxyl groups is 1. The lowest BCUT2D eigenvalue weighted by Gasteiger charge is -2.12. The molecule has 0 spiro atoms. The fourth-order valence-electron chi connectivity index (χ4n) is 1.61. The van der Waals surface area contributed by atoms with Crippen molar-refractivity contribution >= 4 is 5.78 Å². The predicted molar refractivity (Wildman–Crippen MR) is 46.6 cm³/mol. The number of ketones is 1. The molecule has 0 fully saturated rings. The molecule has 1 aromatic rings. The van der Waals surface area contributed by atoms with Gasteiger partial charge in [0.1, 0.15) is 0 Å². The van der Waals surface area contributed by atoms with Crippen LogP contribution in [0.25, 0.3) is 0 Å². The van der Waals surface area contributed by atoms with E-state index in [1.54, 1.807) is 10.9 Å². The van der Waals surface area contributed by atoms with Crippen molar-refractivity contribution in [2.24, 2.45) is 7.05 Å². The molecule has 2 rings (SSSR count). The highest BCUT2D eigenvalue weighted by molar-refractivity contribution is 6.10. The Morgan fingerprint density at radius 3 is 3.08 bits per heavy atom. The highest BCUT2D eigenvalue weighted by Crippen LogP contribution is 2.23. The summed E-state index contributed by atoms with van der Waals surface area (Å²) in [5, 5.41) is 12.8. The number of aryl methyl sites for hydroxylation is 1. The van der Waals surface area contributed by atoms with Crippen LogP contribution in [0.1, 0.15) is 22.5 Å². The summed E-state index contributed by atoms with van der Waals surface area (Å²) in [4.78, 5) is 11.6. The van der Waals surface area contributed by atoms with E-state index >= 15 is 0 Å². The molecule has 68 valence electrons. The van der Waals surface area contributed by atoms with Gasteiger partial charge in [0.2, 0.25) is 0 Å². The van der Waals surface area contributed by atoms with Crippen molar-refractivity contribution in [2.75, 3.05) is 0 Å². The van der Waals surface area contributed by atoms with Crippen LogP contribution in [0.5, 0.6) is 0 Å². The summed E-state index contributed by atoms with van der Waals surface area (Å²) < 4.78 is 1.71. The van der Waals surface area contributed by atoms with Gasteiger partial charge in [-0.2, -0.15) is 5.10 Å². The zero-order valence-corrected chi connectivity index (χ0v) is 7.32. The molecule has 0 bridgehead atoms. The molecule has 0 saturated carbocycles. The Bertz CT molecular complexity index is 390. The van der Waals surface area contributed by atoms with Gasteiger partial charge in [0.25, 0.3) is 0 Å². The first kappa shape index (κ1) is 8.04. The van der Waals surface area contributed by atoms with Crippen LogP contribution >= 0.6 is 0 Å². The number of carbonyl (C=O) groups excluding carboxylic acids is 1. The highest BCUT2D eigenvalue weighted by Gasteiger charge is 2.24. The van der Waals surface area contributed by atoms with Gasteiger partial charge in [-0.05, 0) is 12.8 Å². The largest absolute Gasteiger partial charge is 0.515 e. The minimum atomic E-state index is -0.100. The monoisotopic (exact) mass is 178 g/mol. The van der Waals surface area contributed by atoms with Crippen molar-refractivity contribution in [3.63, 3.8) is 0 Å². The molecule has 0 saturated heterocycles. The number of nitrogens with zero attached hydrogens (tertiary/aromatic N) is 2. The van der Waals surface area contributed by atoms with E-state index in [9.17, 15) is 4.79 Å². The van der Waals surface area contributed by atoms with Gasteiger partial charge in [0, 0.05) is 18.3 Å². The third-order valence-electron chi connectivity index (χ3n) is 2.38. The maximum absolute atomic E-state index is 11.6. The number of aliphatic hydroxyl groups excluding tert-OH is 1. The van der Waals surface area contributed by atoms with E-state index in [0.717, 1.165) is 18.4 Å². The highest BCUT2D eigenvalue weighted by atomic mass is 16.2. The number of fused-ring (bicyclic) bond motifs is 1. The number of hydrogen-bond donors (Lipinski definition) is 1. The van der Waals surface area contributed by atoms with Crippen molar-refractivity contribution in [1.82, 2.24) is 9.78 Å². The Balaban J connectivity index is 2.52. The molecule has 0 aliphatic heterocycles. The molecule has 0 aromatic carbocycles. The van der Waals surface area contributed by atoms with Gasteiger partial charge in [0.15, 0.2) is 5.78 Å². The SMILES string of the molecule is Cn1ncc2c1CC/C(=C\O)C2=O. The van der Waals surface area contributed by atoms with Crippen LogP contribution in [0, 0.1) is 0 Å². The predicted octanol–water partition coefficient (Wildman–Crippen LogP) is 0.991. The second kappa shape index (κ2) is 2.73. The van der Waals surface area contributed by atoms with Crippen molar-refractivity contribution in [3.8, 4) is 0 Å². The Morgan fingerprint density at radius 2 is 2.38 bits per heavy atom. The molecular weight excluding hydrogens is 168 g/mol. The average molecular weight is 178 g/mol. The van der Waals surface area contributed by atoms with Crippen molar-refractivity contribution < 1.29 is 9.90 Å². The number of hydrogen-bond acceptors (Lipinski definition) is 3. The summed E-state index contributed by atoms with van der Waals surface area (Å²) in [7, 11) is 1.82. The van der Waals surface area contributed by atoms with Crippen LogP contribution in [-0.2, 0) is 13.5 Å². The van der Waals surface area contributed by atoms with Gasteiger partial charge in [0.05, 0.1) is 18.0 Å². The van der Waals surface area contributed by atoms with E-state index in [0.29, 0.717) is 17.6 Å². The van der Waals surface area contributed by atoms with E-state index in [1.165, 1.54) is 0 Å². The first-order valence-corrected chi connectivity index (χ1v) is 4.13. The van der Waals surface area contributed by atoms with Crippen LogP contribution in [0.15, 0.2) is 18.0 Å². The van der Waals surface area contributed by atoms with Crippen LogP contribution in [0.4, 0.5) is 0 Å².